The maximum Gasteiger partial charge on any atom is 0.246 e. The van der Waals surface area contributed by atoms with Crippen LogP contribution in [0.3, 0.4) is 0 Å². The zero-order valence-corrected chi connectivity index (χ0v) is 67.4. The number of carbonyl (C=O) groups excluding carboxylic acids is 18. The first-order valence-electron chi connectivity index (χ1n) is 38.3. The average Bonchev–Trinajstić information content (AvgIpc) is 1.65. The Morgan fingerprint density at radius 3 is 1.62 bits per heavy atom. The van der Waals surface area contributed by atoms with E-state index in [1.54, 1.807) is 48.9 Å². The summed E-state index contributed by atoms with van der Waals surface area (Å²) in [7, 11) is 0. The fourth-order valence-electron chi connectivity index (χ4n) is 13.6. The fraction of sp³-hybridized carbons (Fsp3) is 0.649. The van der Waals surface area contributed by atoms with E-state index in [1.165, 1.54) is 13.8 Å². The Labute approximate surface area is 678 Å². The topological polar surface area (TPSA) is 652 Å². The first-order chi connectivity index (χ1) is 54.7. The molecule has 4 aliphatic heterocycles. The van der Waals surface area contributed by atoms with E-state index < -0.39 is 293 Å². The number of hydrogen-bond acceptors (Lipinski definition) is 27. The Morgan fingerprint density at radius 2 is 1.12 bits per heavy atom. The van der Waals surface area contributed by atoms with Gasteiger partial charge in [0.1, 0.15) is 30.2 Å². The van der Waals surface area contributed by atoms with Crippen molar-refractivity contribution in [3.8, 4) is 0 Å². The third kappa shape index (κ3) is 28.4. The Bertz CT molecular complexity index is 3910. The van der Waals surface area contributed by atoms with Gasteiger partial charge in [-0.25, -0.2) is 0 Å². The SMILES string of the molecule is CCC(C)C1NC(=O)CNC(=O)C(CN)CC(=O)C(C(C)C(O)CO)NC(=O)C2CC(O)CN2C(=O)C(CC(N)=O)NC(=O)C(CS)CC(=O)CNC1=O.CCC(C)CC(=O)NCC(=O)CC1CSc2c3ccccc3cn2CC(C(=O)NCC(N)=O)CC(=O)C(C(C)C(O)CO)NC(=O)C2CC(O)CN2C(=O)C(CC(N)=O)NC1=O. The van der Waals surface area contributed by atoms with Crippen LogP contribution in [0.1, 0.15) is 112 Å². The monoisotopic (exact) mass is 1670 g/mol. The Kier molecular flexibility index (Phi) is 38.8. The van der Waals surface area contributed by atoms with Crippen LogP contribution in [0.2, 0.25) is 0 Å². The molecule has 42 heteroatoms. The first-order valence-corrected chi connectivity index (χ1v) is 39.9. The highest BCUT2D eigenvalue weighted by Crippen LogP contribution is 2.34. The summed E-state index contributed by atoms with van der Waals surface area (Å²) in [6.45, 7) is 4.83. The largest absolute Gasteiger partial charge is 0.394 e. The summed E-state index contributed by atoms with van der Waals surface area (Å²) in [6, 6.07) is -3.38. The number of Topliss-reactive ketones (excluding diaryl/α,β-unsaturated/α-hetero) is 4. The molecule has 4 aliphatic rings. The number of primary amides is 3. The van der Waals surface area contributed by atoms with Crippen LogP contribution in [0, 0.1) is 47.3 Å². The minimum Gasteiger partial charge on any atom is -0.394 e. The predicted octanol–water partition coefficient (Wildman–Crippen LogP) is -7.55. The number of aliphatic hydroxyl groups is 6. The molecule has 0 saturated carbocycles. The van der Waals surface area contributed by atoms with E-state index in [0.29, 0.717) is 22.2 Å². The van der Waals surface area contributed by atoms with Crippen LogP contribution in [0.25, 0.3) is 10.8 Å². The molecule has 19 unspecified atom stereocenters. The van der Waals surface area contributed by atoms with E-state index in [4.69, 9.17) is 22.9 Å². The predicted molar refractivity (Wildman–Crippen MR) is 417 cm³/mol. The second-order valence-corrected chi connectivity index (χ2v) is 31.4. The van der Waals surface area contributed by atoms with Gasteiger partial charge in [-0.15, -0.1) is 11.8 Å². The molecule has 23 N–H and O–H groups in total. The fourth-order valence-corrected chi connectivity index (χ4v) is 15.1. The molecule has 0 spiro atoms. The number of thiol groups is 1. The summed E-state index contributed by atoms with van der Waals surface area (Å²) in [5.74, 6) is -22.4. The summed E-state index contributed by atoms with van der Waals surface area (Å²) >= 11 is 5.28. The van der Waals surface area contributed by atoms with Gasteiger partial charge in [0.25, 0.3) is 0 Å². The van der Waals surface area contributed by atoms with E-state index in [9.17, 15) is 117 Å². The number of nitrogens with one attached hydrogen (secondary N) is 9. The lowest BCUT2D eigenvalue weighted by molar-refractivity contribution is -0.144. The second-order valence-electron chi connectivity index (χ2n) is 30.0. The molecule has 3 fully saturated rings. The van der Waals surface area contributed by atoms with Crippen LogP contribution in [0.15, 0.2) is 35.5 Å². The molecule has 116 heavy (non-hydrogen) atoms. The van der Waals surface area contributed by atoms with E-state index in [0.717, 1.165) is 28.0 Å². The van der Waals surface area contributed by atoms with Crippen LogP contribution in [-0.2, 0) is 92.8 Å². The van der Waals surface area contributed by atoms with Crippen molar-refractivity contribution in [2.24, 2.45) is 70.3 Å². The summed E-state index contributed by atoms with van der Waals surface area (Å²) < 4.78 is 1.67. The number of nitrogens with zero attached hydrogens (tertiary/aromatic N) is 3. The number of thioether (sulfide) groups is 1. The number of aliphatic hydroxyl groups excluding tert-OH is 6. The molecule has 644 valence electrons. The third-order valence-electron chi connectivity index (χ3n) is 21.0. The van der Waals surface area contributed by atoms with Gasteiger partial charge in [-0.3, -0.25) is 86.3 Å². The molecule has 1 aromatic heterocycles. The van der Waals surface area contributed by atoms with Crippen molar-refractivity contribution in [2.75, 3.05) is 70.5 Å². The average molecular weight is 1670 g/mol. The number of rotatable bonds is 24. The van der Waals surface area contributed by atoms with Gasteiger partial charge in [0, 0.05) is 111 Å². The van der Waals surface area contributed by atoms with Gasteiger partial charge < -0.3 is 116 Å². The van der Waals surface area contributed by atoms with Crippen molar-refractivity contribution < 1.29 is 117 Å². The Balaban J connectivity index is 0.000000418. The highest BCUT2D eigenvalue weighted by Gasteiger charge is 2.47. The zero-order chi connectivity index (χ0) is 86.7. The van der Waals surface area contributed by atoms with Crippen molar-refractivity contribution in [1.29, 1.82) is 0 Å². The number of ketones is 4. The lowest BCUT2D eigenvalue weighted by Crippen LogP contribution is -2.58. The Morgan fingerprint density at radius 1 is 0.595 bits per heavy atom. The number of nitrogens with two attached hydrogens (primary N) is 4. The molecule has 0 bridgehead atoms. The van der Waals surface area contributed by atoms with Crippen LogP contribution in [0.4, 0.5) is 0 Å². The smallest absolute Gasteiger partial charge is 0.246 e. The molecule has 1 aromatic carbocycles. The number of aromatic nitrogens is 1. The van der Waals surface area contributed by atoms with Crippen LogP contribution in [-0.4, -0.2) is 288 Å². The molecular formula is C74H112N16O24S2. The number of fused-ring (bicyclic) bond motifs is 5. The lowest BCUT2D eigenvalue weighted by Gasteiger charge is -2.32. The molecule has 0 radical (unpaired) electrons. The minimum atomic E-state index is -1.66. The molecule has 5 heterocycles. The number of carbonyl (C=O) groups is 18. The number of benzene rings is 1. The van der Waals surface area contributed by atoms with Crippen LogP contribution >= 0.6 is 24.4 Å². The van der Waals surface area contributed by atoms with Crippen molar-refractivity contribution >= 4 is 141 Å². The summed E-state index contributed by atoms with van der Waals surface area (Å²) in [5, 5.41) is 85.9. The zero-order valence-electron chi connectivity index (χ0n) is 65.7. The van der Waals surface area contributed by atoms with Crippen molar-refractivity contribution in [3.63, 3.8) is 0 Å². The van der Waals surface area contributed by atoms with E-state index in [1.807, 2.05) is 13.8 Å². The van der Waals surface area contributed by atoms with Gasteiger partial charge in [-0.1, -0.05) is 78.6 Å². The highest BCUT2D eigenvalue weighted by atomic mass is 32.2. The highest BCUT2D eigenvalue weighted by molar-refractivity contribution is 7.99. The summed E-state index contributed by atoms with van der Waals surface area (Å²) in [6.07, 6.45) is -6.69. The standard InChI is InChI=1S/C41H58N8O12S.C33H54N8O12S/c1-4-21(2)9-35(57)44-14-26(51)10-25-20-62-41-28-8-6-5-7-23(28)16-48(41)17-24(37(58)45-15-34(43)56)11-31(53)36(22(3)32(54)19-50)47-39(60)30-12-27(52)18-49(30)40(61)29(13-33(42)55)46-38(25)59;1-4-15(2)27-32(52)36-10-19(43)5-18(14-54)30(50)38-21(8-25(35)47)33(53)41-12-20(44)7-22(41)31(51)40-28(16(3)24(46)13-42)23(45)6-17(9-34)29(49)37-11-26(48)39-27/h5-8,16,21-22,24-25,27,29-30,32,36,50,52,54H,4,9-15,17-20H2,1-3H3,(H2,42,55)(H2,43,56)(H,44,57)(H,45,58)(H,46,59)(H,47,60);15-18,20-22,24,27-28,42,44,46,54H,4-14,34H2,1-3H3,(H2,35,47)(H,36,52)(H,37,49)(H,38,50)(H,39,48)(H,40,51). The van der Waals surface area contributed by atoms with E-state index in [-0.39, 0.29) is 62.2 Å². The number of amides is 14. The Hall–Kier alpha value is -9.56. The third-order valence-corrected chi connectivity index (χ3v) is 22.7. The van der Waals surface area contributed by atoms with Gasteiger partial charge in [-0.2, -0.15) is 12.6 Å². The van der Waals surface area contributed by atoms with Crippen LogP contribution in [0.5, 0.6) is 0 Å². The van der Waals surface area contributed by atoms with Gasteiger partial charge in [0.2, 0.25) is 82.7 Å². The van der Waals surface area contributed by atoms with E-state index in [2.05, 4.69) is 60.5 Å². The van der Waals surface area contributed by atoms with E-state index >= 15 is 0 Å². The molecule has 40 nitrogen and oxygen atoms in total. The molecular weight excluding hydrogens is 1560 g/mol. The quantitative estimate of drug-likeness (QED) is 0.0434. The molecule has 0 aliphatic carbocycles. The molecule has 3 saturated heterocycles. The molecule has 6 rings (SSSR count). The van der Waals surface area contributed by atoms with Gasteiger partial charge in [0.05, 0.1) is 117 Å². The second kappa shape index (κ2) is 46.4. The maximum absolute atomic E-state index is 14.3. The van der Waals surface area contributed by atoms with Gasteiger partial charge >= 0.3 is 0 Å². The van der Waals surface area contributed by atoms with Crippen molar-refractivity contribution in [3.05, 3.63) is 30.5 Å². The lowest BCUT2D eigenvalue weighted by atomic mass is 9.87. The summed E-state index contributed by atoms with van der Waals surface area (Å²) in [5.41, 5.74) is 22.0. The maximum atomic E-state index is 14.3. The molecule has 19 atom stereocenters. The van der Waals surface area contributed by atoms with Gasteiger partial charge in [0.15, 0.2) is 23.1 Å². The van der Waals surface area contributed by atoms with Crippen LogP contribution < -0.4 is 70.8 Å². The molecule has 14 amide bonds. The summed E-state index contributed by atoms with van der Waals surface area (Å²) in [4.78, 5) is 241. The van der Waals surface area contributed by atoms with Crippen molar-refractivity contribution in [1.82, 2.24) is 62.2 Å². The first kappa shape index (κ1) is 97.0. The minimum absolute atomic E-state index is 0.0679. The van der Waals surface area contributed by atoms with Crippen molar-refractivity contribution in [2.45, 2.75) is 190 Å². The number of hydrogen-bond donors (Lipinski definition) is 20. The van der Waals surface area contributed by atoms with Gasteiger partial charge in [-0.05, 0) is 11.8 Å². The normalized spacial score (nSPS) is 26.7. The molecule has 2 aromatic rings.